The maximum absolute atomic E-state index is 11.3. The first-order valence-electron chi connectivity index (χ1n) is 7.16. The Balaban J connectivity index is 1.84. The zero-order chi connectivity index (χ0) is 15.7. The van der Waals surface area contributed by atoms with Crippen LogP contribution in [-0.2, 0) is 29.3 Å². The number of carbonyl (C=O) groups is 1. The molecular weight excluding hydrogens is 288 g/mol. The van der Waals surface area contributed by atoms with Crippen LogP contribution < -0.4 is 5.32 Å². The molecule has 120 valence electrons. The molecule has 1 N–H and O–H groups in total. The van der Waals surface area contributed by atoms with Crippen LogP contribution in [0.3, 0.4) is 0 Å². The number of pyridine rings is 1. The van der Waals surface area contributed by atoms with E-state index in [1.54, 1.807) is 14.2 Å². The molecule has 1 aromatic rings. The lowest BCUT2D eigenvalue weighted by Crippen LogP contribution is -2.55. The van der Waals surface area contributed by atoms with Gasteiger partial charge in [-0.25, -0.2) is 9.78 Å². The Morgan fingerprint density at radius 2 is 2.09 bits per heavy atom. The van der Waals surface area contributed by atoms with Crippen LogP contribution in [0.4, 0.5) is 5.82 Å². The van der Waals surface area contributed by atoms with E-state index in [1.807, 2.05) is 12.1 Å². The van der Waals surface area contributed by atoms with Crippen LogP contribution in [0.25, 0.3) is 0 Å². The molecule has 0 unspecified atom stereocenters. The number of ether oxygens (including phenoxy) is 4. The van der Waals surface area contributed by atoms with E-state index in [1.165, 1.54) is 7.11 Å². The normalized spacial score (nSPS) is 25.2. The first-order valence-corrected chi connectivity index (χ1v) is 7.16. The maximum Gasteiger partial charge on any atom is 0.331 e. The molecule has 3 heterocycles. The Kier molecular flexibility index (Phi) is 4.03. The van der Waals surface area contributed by atoms with Crippen LogP contribution in [0.1, 0.15) is 30.4 Å². The van der Waals surface area contributed by atoms with Gasteiger partial charge in [0.2, 0.25) is 6.29 Å². The molecule has 2 aliphatic heterocycles. The summed E-state index contributed by atoms with van der Waals surface area (Å²) in [7, 11) is 4.50. The highest BCUT2D eigenvalue weighted by Gasteiger charge is 2.52. The summed E-state index contributed by atoms with van der Waals surface area (Å²) in [6, 6.07) is 4.14. The third-order valence-corrected chi connectivity index (χ3v) is 4.26. The Morgan fingerprint density at radius 1 is 1.36 bits per heavy atom. The summed E-state index contributed by atoms with van der Waals surface area (Å²) in [5, 5.41) is 3.38. The van der Waals surface area contributed by atoms with E-state index in [9.17, 15) is 4.79 Å². The lowest BCUT2D eigenvalue weighted by atomic mass is 9.68. The van der Waals surface area contributed by atoms with Crippen molar-refractivity contribution in [2.75, 3.05) is 33.3 Å². The molecule has 0 aromatic carbocycles. The van der Waals surface area contributed by atoms with Gasteiger partial charge in [-0.3, -0.25) is 0 Å². The molecule has 0 atom stereocenters. The van der Waals surface area contributed by atoms with Crippen LogP contribution in [0.15, 0.2) is 12.1 Å². The molecule has 2 bridgehead atoms. The van der Waals surface area contributed by atoms with E-state index >= 15 is 0 Å². The third-order valence-electron chi connectivity index (χ3n) is 4.26. The average molecular weight is 308 g/mol. The fraction of sp³-hybridized carbons (Fsp3) is 0.600. The van der Waals surface area contributed by atoms with Crippen LogP contribution in [0, 0.1) is 0 Å². The Labute approximate surface area is 128 Å². The van der Waals surface area contributed by atoms with Crippen molar-refractivity contribution in [1.29, 1.82) is 0 Å². The fourth-order valence-electron chi connectivity index (χ4n) is 3.12. The molecule has 3 aliphatic rings. The molecule has 7 heteroatoms. The summed E-state index contributed by atoms with van der Waals surface area (Å²) in [6.45, 7) is -0.0524. The van der Waals surface area contributed by atoms with Crippen molar-refractivity contribution in [2.45, 2.75) is 30.8 Å². The summed E-state index contributed by atoms with van der Waals surface area (Å²) in [4.78, 5) is 15.9. The number of rotatable bonds is 6. The highest BCUT2D eigenvalue weighted by atomic mass is 16.7. The molecule has 22 heavy (non-hydrogen) atoms. The molecule has 0 radical (unpaired) electrons. The van der Waals surface area contributed by atoms with Gasteiger partial charge in [-0.1, -0.05) is 6.07 Å². The number of methoxy groups -OCH3 is 3. The van der Waals surface area contributed by atoms with Crippen molar-refractivity contribution in [1.82, 2.24) is 4.98 Å². The SMILES string of the molecule is COC(=O)COC12CC(C1)Nc1nc(C(OC)OC)ccc12. The van der Waals surface area contributed by atoms with Crippen molar-refractivity contribution in [3.63, 3.8) is 0 Å². The topological polar surface area (TPSA) is 78.9 Å². The molecule has 1 aromatic heterocycles. The van der Waals surface area contributed by atoms with E-state index in [-0.39, 0.29) is 12.6 Å². The quantitative estimate of drug-likeness (QED) is 0.627. The van der Waals surface area contributed by atoms with Gasteiger partial charge in [0.25, 0.3) is 0 Å². The van der Waals surface area contributed by atoms with E-state index in [2.05, 4.69) is 15.0 Å². The van der Waals surface area contributed by atoms with Crippen LogP contribution in [-0.4, -0.2) is 44.9 Å². The van der Waals surface area contributed by atoms with Gasteiger partial charge in [0.1, 0.15) is 18.0 Å². The average Bonchev–Trinajstić information content (AvgIpc) is 2.52. The van der Waals surface area contributed by atoms with Crippen molar-refractivity contribution in [3.8, 4) is 0 Å². The molecule has 0 amide bonds. The van der Waals surface area contributed by atoms with E-state index in [4.69, 9.17) is 14.2 Å². The third kappa shape index (κ3) is 2.45. The minimum Gasteiger partial charge on any atom is -0.467 e. The second kappa shape index (κ2) is 5.83. The van der Waals surface area contributed by atoms with Crippen LogP contribution in [0.5, 0.6) is 0 Å². The number of esters is 1. The lowest BCUT2D eigenvalue weighted by molar-refractivity contribution is -0.164. The van der Waals surface area contributed by atoms with Gasteiger partial charge in [0, 0.05) is 38.7 Å². The molecule has 0 saturated heterocycles. The molecule has 1 aliphatic carbocycles. The highest BCUT2D eigenvalue weighted by Crippen LogP contribution is 2.52. The van der Waals surface area contributed by atoms with Gasteiger partial charge in [-0.15, -0.1) is 0 Å². The van der Waals surface area contributed by atoms with Gasteiger partial charge in [0.15, 0.2) is 0 Å². The fourth-order valence-corrected chi connectivity index (χ4v) is 3.12. The number of nitrogens with one attached hydrogen (secondary N) is 1. The Bertz CT molecular complexity index is 567. The second-order valence-corrected chi connectivity index (χ2v) is 5.54. The predicted molar refractivity (Wildman–Crippen MR) is 77.3 cm³/mol. The number of hydrogen-bond donors (Lipinski definition) is 1. The largest absolute Gasteiger partial charge is 0.467 e. The lowest BCUT2D eigenvalue weighted by Gasteiger charge is -2.52. The predicted octanol–water partition coefficient (Wildman–Crippen LogP) is 1.35. The Morgan fingerprint density at radius 3 is 2.73 bits per heavy atom. The van der Waals surface area contributed by atoms with E-state index < -0.39 is 11.9 Å². The standard InChI is InChI=1S/C15H20N2O5/c1-19-12(18)8-22-15-6-9(7-15)16-13-10(15)4-5-11(17-13)14(20-2)21-3/h4-5,9,14H,6-8H2,1-3H3,(H,16,17). The van der Waals surface area contributed by atoms with Crippen LogP contribution >= 0.6 is 0 Å². The summed E-state index contributed by atoms with van der Waals surface area (Å²) in [5.74, 6) is 0.394. The first-order chi connectivity index (χ1) is 10.6. The zero-order valence-corrected chi connectivity index (χ0v) is 12.9. The van der Waals surface area contributed by atoms with E-state index in [0.29, 0.717) is 11.7 Å². The van der Waals surface area contributed by atoms with Gasteiger partial charge < -0.3 is 24.3 Å². The number of hydrogen-bond acceptors (Lipinski definition) is 7. The van der Waals surface area contributed by atoms with Gasteiger partial charge in [-0.2, -0.15) is 0 Å². The van der Waals surface area contributed by atoms with Crippen molar-refractivity contribution >= 4 is 11.8 Å². The number of carbonyl (C=O) groups excluding carboxylic acids is 1. The monoisotopic (exact) mass is 308 g/mol. The minimum atomic E-state index is -0.503. The van der Waals surface area contributed by atoms with Gasteiger partial charge >= 0.3 is 5.97 Å². The molecule has 1 fully saturated rings. The van der Waals surface area contributed by atoms with Gasteiger partial charge in [0.05, 0.1) is 12.8 Å². The Hall–Kier alpha value is -1.70. The van der Waals surface area contributed by atoms with Crippen LogP contribution in [0.2, 0.25) is 0 Å². The molecule has 7 nitrogen and oxygen atoms in total. The first kappa shape index (κ1) is 15.2. The molecule has 1 saturated carbocycles. The molecule has 0 spiro atoms. The van der Waals surface area contributed by atoms with E-state index in [0.717, 1.165) is 24.2 Å². The highest BCUT2D eigenvalue weighted by molar-refractivity contribution is 5.70. The molecule has 4 rings (SSSR count). The maximum atomic E-state index is 11.3. The number of anilines is 1. The second-order valence-electron chi connectivity index (χ2n) is 5.54. The summed E-state index contributed by atoms with van der Waals surface area (Å²) < 4.78 is 21.0. The minimum absolute atomic E-state index is 0.0524. The van der Waals surface area contributed by atoms with Crippen molar-refractivity contribution in [2.24, 2.45) is 0 Å². The van der Waals surface area contributed by atoms with Crippen molar-refractivity contribution in [3.05, 3.63) is 23.4 Å². The number of aromatic nitrogens is 1. The van der Waals surface area contributed by atoms with Crippen molar-refractivity contribution < 1.29 is 23.7 Å². The number of nitrogens with zero attached hydrogens (tertiary/aromatic N) is 1. The van der Waals surface area contributed by atoms with Gasteiger partial charge in [-0.05, 0) is 6.07 Å². The summed E-state index contributed by atoms with van der Waals surface area (Å²) >= 11 is 0. The summed E-state index contributed by atoms with van der Waals surface area (Å²) in [5.41, 5.74) is 1.22. The molecular formula is C15H20N2O5. The smallest absolute Gasteiger partial charge is 0.331 e. The summed E-state index contributed by atoms with van der Waals surface area (Å²) in [6.07, 6.45) is 1.16. The zero-order valence-electron chi connectivity index (χ0n) is 12.9.